The summed E-state index contributed by atoms with van der Waals surface area (Å²) >= 11 is 0. The van der Waals surface area contributed by atoms with E-state index in [-0.39, 0.29) is 10.7 Å². The molecule has 0 saturated heterocycles. The Morgan fingerprint density at radius 2 is 1.89 bits per heavy atom. The second kappa shape index (κ2) is 7.49. The number of nitrogen functional groups attached to an aromatic ring is 1. The fourth-order valence-electron chi connectivity index (χ4n) is 1.88. The molecule has 7 heteroatoms. The lowest BCUT2D eigenvalue weighted by Gasteiger charge is -2.05. The number of anilines is 1. The number of nitrogens with one attached hydrogen (secondary N) is 1. The molecule has 1 aromatic rings. The van der Waals surface area contributed by atoms with E-state index in [4.69, 9.17) is 5.73 Å². The van der Waals surface area contributed by atoms with E-state index in [0.717, 1.165) is 19.3 Å². The Kier molecular flexibility index (Phi) is 6.30. The molecule has 1 heterocycles. The number of nitrogens with two attached hydrogens (primary N) is 1. The van der Waals surface area contributed by atoms with Crippen LogP contribution in [0.3, 0.4) is 0 Å². The van der Waals surface area contributed by atoms with Crippen molar-refractivity contribution in [3.8, 4) is 0 Å². The molecule has 1 aromatic heterocycles. The summed E-state index contributed by atoms with van der Waals surface area (Å²) in [6, 6.07) is 0. The molecule has 3 N–H and O–H groups in total. The van der Waals surface area contributed by atoms with Gasteiger partial charge in [-0.05, 0) is 6.42 Å². The van der Waals surface area contributed by atoms with Crippen LogP contribution in [0, 0.1) is 0 Å². The summed E-state index contributed by atoms with van der Waals surface area (Å²) < 4.78 is 27.9. The molecule has 19 heavy (non-hydrogen) atoms. The summed E-state index contributed by atoms with van der Waals surface area (Å²) in [5, 5.41) is 3.83. The third-order valence-electron chi connectivity index (χ3n) is 2.93. The first kappa shape index (κ1) is 16.0. The van der Waals surface area contributed by atoms with Gasteiger partial charge in [0, 0.05) is 19.8 Å². The summed E-state index contributed by atoms with van der Waals surface area (Å²) in [5.41, 5.74) is 5.56. The monoisotopic (exact) mass is 288 g/mol. The normalized spacial score (nSPS) is 11.9. The average molecular weight is 288 g/mol. The standard InChI is InChI=1S/C12H24N4O2S/c1-3-4-5-6-7-8-9-14-19(17,18)11-10-16(2)15-12(11)13/h10,14H,3-9H2,1-2H3,(H2,13,15). The molecule has 0 radical (unpaired) electrons. The minimum atomic E-state index is -3.53. The van der Waals surface area contributed by atoms with Crippen molar-refractivity contribution in [3.63, 3.8) is 0 Å². The second-order valence-corrected chi connectivity index (χ2v) is 6.45. The maximum absolute atomic E-state index is 12.0. The summed E-state index contributed by atoms with van der Waals surface area (Å²) in [4.78, 5) is 0.0565. The van der Waals surface area contributed by atoms with Crippen LogP contribution < -0.4 is 10.5 Å². The number of unbranched alkanes of at least 4 members (excludes halogenated alkanes) is 5. The maximum Gasteiger partial charge on any atom is 0.245 e. The van der Waals surface area contributed by atoms with Gasteiger partial charge in [-0.25, -0.2) is 13.1 Å². The van der Waals surface area contributed by atoms with Gasteiger partial charge in [-0.1, -0.05) is 39.0 Å². The van der Waals surface area contributed by atoms with Gasteiger partial charge >= 0.3 is 0 Å². The first-order chi connectivity index (χ1) is 8.97. The van der Waals surface area contributed by atoms with Crippen LogP contribution >= 0.6 is 0 Å². The lowest BCUT2D eigenvalue weighted by atomic mass is 10.1. The van der Waals surface area contributed by atoms with Gasteiger partial charge in [0.05, 0.1) is 0 Å². The van der Waals surface area contributed by atoms with Crippen molar-refractivity contribution in [1.82, 2.24) is 14.5 Å². The van der Waals surface area contributed by atoms with Crippen LogP contribution in [0.4, 0.5) is 5.82 Å². The van der Waals surface area contributed by atoms with Crippen molar-refractivity contribution >= 4 is 15.8 Å². The zero-order chi connectivity index (χ0) is 14.3. The molecule has 0 aliphatic carbocycles. The van der Waals surface area contributed by atoms with Crippen LogP contribution in [0.1, 0.15) is 45.4 Å². The van der Waals surface area contributed by atoms with Crippen LogP contribution in [-0.4, -0.2) is 24.7 Å². The third kappa shape index (κ3) is 5.20. The topological polar surface area (TPSA) is 90.0 Å². The van der Waals surface area contributed by atoms with Crippen LogP contribution in [0.5, 0.6) is 0 Å². The van der Waals surface area contributed by atoms with Gasteiger partial charge in [-0.15, -0.1) is 0 Å². The van der Waals surface area contributed by atoms with Gasteiger partial charge in [0.2, 0.25) is 10.0 Å². The first-order valence-corrected chi connectivity index (χ1v) is 8.24. The highest BCUT2D eigenvalue weighted by Crippen LogP contribution is 2.15. The minimum absolute atomic E-state index is 0.0398. The second-order valence-electron chi connectivity index (χ2n) is 4.72. The predicted octanol–water partition coefficient (Wildman–Crippen LogP) is 1.64. The average Bonchev–Trinajstić information content (AvgIpc) is 2.68. The number of hydrogen-bond donors (Lipinski definition) is 2. The van der Waals surface area contributed by atoms with Crippen LogP contribution in [0.2, 0.25) is 0 Å². The molecule has 0 aliphatic rings. The third-order valence-corrected chi connectivity index (χ3v) is 4.41. The Bertz CT molecular complexity index is 482. The highest BCUT2D eigenvalue weighted by Gasteiger charge is 2.19. The Labute approximate surface area is 115 Å². The lowest BCUT2D eigenvalue weighted by molar-refractivity contribution is 0.568. The van der Waals surface area contributed by atoms with Gasteiger partial charge in [0.15, 0.2) is 5.82 Å². The zero-order valence-corrected chi connectivity index (χ0v) is 12.5. The van der Waals surface area contributed by atoms with E-state index >= 15 is 0 Å². The Balaban J connectivity index is 2.34. The van der Waals surface area contributed by atoms with E-state index in [1.54, 1.807) is 7.05 Å². The Morgan fingerprint density at radius 3 is 2.47 bits per heavy atom. The molecular weight excluding hydrogens is 264 g/mol. The molecule has 0 atom stereocenters. The molecule has 0 amide bonds. The van der Waals surface area contributed by atoms with E-state index < -0.39 is 10.0 Å². The smallest absolute Gasteiger partial charge is 0.245 e. The molecule has 110 valence electrons. The highest BCUT2D eigenvalue weighted by atomic mass is 32.2. The summed E-state index contributed by atoms with van der Waals surface area (Å²) in [5.74, 6) is 0.0398. The molecule has 1 rings (SSSR count). The molecule has 0 aliphatic heterocycles. The molecule has 0 saturated carbocycles. The fourth-order valence-corrected chi connectivity index (χ4v) is 3.06. The number of hydrogen-bond acceptors (Lipinski definition) is 4. The van der Waals surface area contributed by atoms with E-state index in [9.17, 15) is 8.42 Å². The molecule has 6 nitrogen and oxygen atoms in total. The highest BCUT2D eigenvalue weighted by molar-refractivity contribution is 7.89. The van der Waals surface area contributed by atoms with Gasteiger partial charge in [-0.2, -0.15) is 5.10 Å². The summed E-state index contributed by atoms with van der Waals surface area (Å²) in [6.07, 6.45) is 8.15. The molecule has 0 aromatic carbocycles. The molecular formula is C12H24N4O2S. The number of aryl methyl sites for hydroxylation is 1. The van der Waals surface area contributed by atoms with Crippen LogP contribution in [-0.2, 0) is 17.1 Å². The first-order valence-electron chi connectivity index (χ1n) is 6.76. The SMILES string of the molecule is CCCCCCCCNS(=O)(=O)c1cn(C)nc1N. The van der Waals surface area contributed by atoms with Crippen molar-refractivity contribution in [2.75, 3.05) is 12.3 Å². The van der Waals surface area contributed by atoms with Crippen molar-refractivity contribution in [3.05, 3.63) is 6.20 Å². The maximum atomic E-state index is 12.0. The summed E-state index contributed by atoms with van der Waals surface area (Å²) in [7, 11) is -1.88. The number of rotatable bonds is 9. The predicted molar refractivity (Wildman–Crippen MR) is 76.2 cm³/mol. The quantitative estimate of drug-likeness (QED) is 0.676. The van der Waals surface area contributed by atoms with E-state index in [2.05, 4.69) is 16.7 Å². The number of aromatic nitrogens is 2. The van der Waals surface area contributed by atoms with Crippen molar-refractivity contribution < 1.29 is 8.42 Å². The zero-order valence-electron chi connectivity index (χ0n) is 11.7. The lowest BCUT2D eigenvalue weighted by Crippen LogP contribution is -2.25. The van der Waals surface area contributed by atoms with Gasteiger partial charge in [0.25, 0.3) is 0 Å². The Hall–Kier alpha value is -1.08. The van der Waals surface area contributed by atoms with E-state index in [0.29, 0.717) is 6.54 Å². The van der Waals surface area contributed by atoms with E-state index in [1.165, 1.54) is 30.1 Å². The van der Waals surface area contributed by atoms with Gasteiger partial charge in [0.1, 0.15) is 4.90 Å². The molecule has 0 bridgehead atoms. The van der Waals surface area contributed by atoms with E-state index in [1.807, 2.05) is 0 Å². The molecule has 0 spiro atoms. The van der Waals surface area contributed by atoms with Crippen molar-refractivity contribution in [2.24, 2.45) is 7.05 Å². The summed E-state index contributed by atoms with van der Waals surface area (Å²) in [6.45, 7) is 2.62. The Morgan fingerprint density at radius 1 is 1.26 bits per heavy atom. The minimum Gasteiger partial charge on any atom is -0.381 e. The molecule has 0 fully saturated rings. The van der Waals surface area contributed by atoms with Crippen molar-refractivity contribution in [1.29, 1.82) is 0 Å². The largest absolute Gasteiger partial charge is 0.381 e. The number of sulfonamides is 1. The fraction of sp³-hybridized carbons (Fsp3) is 0.750. The number of nitrogens with zero attached hydrogens (tertiary/aromatic N) is 2. The molecule has 0 unspecified atom stereocenters. The van der Waals surface area contributed by atoms with Gasteiger partial charge < -0.3 is 5.73 Å². The van der Waals surface area contributed by atoms with Crippen LogP contribution in [0.15, 0.2) is 11.1 Å². The van der Waals surface area contributed by atoms with Gasteiger partial charge in [-0.3, -0.25) is 4.68 Å². The van der Waals surface area contributed by atoms with Crippen LogP contribution in [0.25, 0.3) is 0 Å². The van der Waals surface area contributed by atoms with Crippen molar-refractivity contribution in [2.45, 2.75) is 50.3 Å².